The highest BCUT2D eigenvalue weighted by Crippen LogP contribution is 2.33. The third-order valence-electron chi connectivity index (χ3n) is 4.58. The Balaban J connectivity index is 1.47. The summed E-state index contributed by atoms with van der Waals surface area (Å²) in [6, 6.07) is 10.2. The van der Waals surface area contributed by atoms with Crippen molar-refractivity contribution in [3.63, 3.8) is 0 Å². The van der Waals surface area contributed by atoms with Crippen LogP contribution >= 0.6 is 23.4 Å². The highest BCUT2D eigenvalue weighted by Gasteiger charge is 2.32. The van der Waals surface area contributed by atoms with Crippen LogP contribution in [0.5, 0.6) is 0 Å². The lowest BCUT2D eigenvalue weighted by Gasteiger charge is -2.13. The maximum absolute atomic E-state index is 12.9. The standard InChI is InChI=1S/C21H21ClF3N3O2S2/c1-14-5-2-3-6-15(14)11-17-13-27-20(31-17)26-9-4-10-28-32(29,30)19-12-16(21(23,24)25)7-8-18(19)22/h2-3,5-8,11-13,20,26,28H,4,9-10H2,1H3. The fourth-order valence-corrected chi connectivity index (χ4v) is 5.38. The zero-order chi connectivity index (χ0) is 23.4. The molecule has 1 heterocycles. The van der Waals surface area contributed by atoms with Gasteiger partial charge in [0.15, 0.2) is 5.50 Å². The van der Waals surface area contributed by atoms with Crippen molar-refractivity contribution in [3.05, 3.63) is 69.1 Å². The van der Waals surface area contributed by atoms with E-state index in [9.17, 15) is 21.6 Å². The summed E-state index contributed by atoms with van der Waals surface area (Å²) >= 11 is 7.36. The van der Waals surface area contributed by atoms with Crippen molar-refractivity contribution >= 4 is 45.7 Å². The Morgan fingerprint density at radius 3 is 2.66 bits per heavy atom. The Bertz CT molecular complexity index is 1140. The Morgan fingerprint density at radius 2 is 1.94 bits per heavy atom. The molecule has 1 atom stereocenters. The van der Waals surface area contributed by atoms with Gasteiger partial charge in [-0.2, -0.15) is 13.2 Å². The van der Waals surface area contributed by atoms with Gasteiger partial charge in [0.05, 0.1) is 10.6 Å². The molecular formula is C21H21ClF3N3O2S2. The molecule has 2 N–H and O–H groups in total. The van der Waals surface area contributed by atoms with Crippen molar-refractivity contribution in [2.45, 2.75) is 29.9 Å². The molecule has 0 fully saturated rings. The second kappa shape index (κ2) is 10.4. The molecule has 1 unspecified atom stereocenters. The first kappa shape index (κ1) is 24.8. The number of nitrogens with one attached hydrogen (secondary N) is 2. The predicted molar refractivity (Wildman–Crippen MR) is 123 cm³/mol. The van der Waals surface area contributed by atoms with Crippen molar-refractivity contribution in [2.24, 2.45) is 4.99 Å². The molecule has 0 aliphatic carbocycles. The normalized spacial score (nSPS) is 17.9. The van der Waals surface area contributed by atoms with E-state index in [1.54, 1.807) is 18.0 Å². The van der Waals surface area contributed by atoms with E-state index in [2.05, 4.69) is 21.1 Å². The lowest BCUT2D eigenvalue weighted by atomic mass is 10.1. The van der Waals surface area contributed by atoms with E-state index in [0.29, 0.717) is 19.0 Å². The van der Waals surface area contributed by atoms with Gasteiger partial charge in [-0.3, -0.25) is 10.3 Å². The number of halogens is 4. The average Bonchev–Trinajstić information content (AvgIpc) is 3.16. The number of benzene rings is 2. The number of aryl methyl sites for hydroxylation is 1. The third kappa shape index (κ3) is 6.58. The van der Waals surface area contributed by atoms with Gasteiger partial charge in [-0.25, -0.2) is 13.1 Å². The maximum Gasteiger partial charge on any atom is 0.416 e. The van der Waals surface area contributed by atoms with Crippen molar-refractivity contribution in [3.8, 4) is 0 Å². The summed E-state index contributed by atoms with van der Waals surface area (Å²) in [6.45, 7) is 2.53. The Kier molecular flexibility index (Phi) is 8.05. The van der Waals surface area contributed by atoms with Crippen LogP contribution in [0.3, 0.4) is 0 Å². The second-order valence-corrected chi connectivity index (χ2v) is 10.3. The number of nitrogens with zero attached hydrogens (tertiary/aromatic N) is 1. The number of rotatable bonds is 8. The first-order valence-corrected chi connectivity index (χ1v) is 12.4. The largest absolute Gasteiger partial charge is 0.416 e. The maximum atomic E-state index is 12.9. The monoisotopic (exact) mass is 503 g/mol. The van der Waals surface area contributed by atoms with Crippen LogP contribution in [0.2, 0.25) is 5.02 Å². The Morgan fingerprint density at radius 1 is 1.19 bits per heavy atom. The summed E-state index contributed by atoms with van der Waals surface area (Å²) in [4.78, 5) is 4.79. The lowest BCUT2D eigenvalue weighted by Crippen LogP contribution is -2.30. The van der Waals surface area contributed by atoms with Crippen LogP contribution in [0.25, 0.3) is 6.08 Å². The predicted octanol–water partition coefficient (Wildman–Crippen LogP) is 5.07. The summed E-state index contributed by atoms with van der Waals surface area (Å²) in [5, 5.41) is 2.92. The van der Waals surface area contributed by atoms with E-state index in [1.165, 1.54) is 5.56 Å². The van der Waals surface area contributed by atoms with Gasteiger partial charge < -0.3 is 0 Å². The van der Waals surface area contributed by atoms with Gasteiger partial charge in [0.2, 0.25) is 10.0 Å². The van der Waals surface area contributed by atoms with E-state index < -0.39 is 26.7 Å². The molecular weight excluding hydrogens is 483 g/mol. The quantitative estimate of drug-likeness (QED) is 0.494. The second-order valence-electron chi connectivity index (χ2n) is 7.00. The minimum atomic E-state index is -4.66. The molecule has 2 aromatic carbocycles. The minimum Gasteiger partial charge on any atom is -0.287 e. The van der Waals surface area contributed by atoms with E-state index in [1.807, 2.05) is 31.2 Å². The number of thioether (sulfide) groups is 1. The third-order valence-corrected chi connectivity index (χ3v) is 7.53. The topological polar surface area (TPSA) is 70.6 Å². The molecule has 1 aliphatic rings. The zero-order valence-corrected chi connectivity index (χ0v) is 19.4. The molecule has 3 rings (SSSR count). The molecule has 5 nitrogen and oxygen atoms in total. The van der Waals surface area contributed by atoms with Crippen molar-refractivity contribution in [1.82, 2.24) is 10.0 Å². The van der Waals surface area contributed by atoms with Gasteiger partial charge >= 0.3 is 6.18 Å². The van der Waals surface area contributed by atoms with Crippen molar-refractivity contribution < 1.29 is 21.6 Å². The molecule has 2 aromatic rings. The Labute approximate surface area is 194 Å². The number of hydrogen-bond donors (Lipinski definition) is 2. The molecule has 32 heavy (non-hydrogen) atoms. The number of sulfonamides is 1. The SMILES string of the molecule is Cc1ccccc1C=C1C=NC(NCCCNS(=O)(=O)c2cc(C(F)(F)F)ccc2Cl)S1. The zero-order valence-electron chi connectivity index (χ0n) is 17.0. The molecule has 172 valence electrons. The van der Waals surface area contributed by atoms with E-state index in [-0.39, 0.29) is 17.1 Å². The molecule has 0 saturated carbocycles. The summed E-state index contributed by atoms with van der Waals surface area (Å²) < 4.78 is 65.7. The fraction of sp³-hybridized carbons (Fsp3) is 0.286. The van der Waals surface area contributed by atoms with Crippen LogP contribution in [0.4, 0.5) is 13.2 Å². The van der Waals surface area contributed by atoms with Gasteiger partial charge in [-0.05, 0) is 55.3 Å². The molecule has 0 radical (unpaired) electrons. The summed E-state index contributed by atoms with van der Waals surface area (Å²) in [5.74, 6) is 0. The lowest BCUT2D eigenvalue weighted by molar-refractivity contribution is -0.137. The fourth-order valence-electron chi connectivity index (χ4n) is 2.88. The van der Waals surface area contributed by atoms with Crippen molar-refractivity contribution in [1.29, 1.82) is 0 Å². The van der Waals surface area contributed by atoms with Crippen LogP contribution in [-0.4, -0.2) is 33.2 Å². The number of allylic oxidation sites excluding steroid dienone is 1. The molecule has 0 aromatic heterocycles. The average molecular weight is 504 g/mol. The van der Waals surface area contributed by atoms with E-state index >= 15 is 0 Å². The van der Waals surface area contributed by atoms with Crippen LogP contribution in [0, 0.1) is 6.92 Å². The number of aliphatic imine (C=N–C) groups is 1. The van der Waals surface area contributed by atoms with Crippen LogP contribution in [0.15, 0.2) is 57.3 Å². The first-order valence-electron chi connectivity index (χ1n) is 9.63. The van der Waals surface area contributed by atoms with Gasteiger partial charge in [0.1, 0.15) is 4.90 Å². The highest BCUT2D eigenvalue weighted by atomic mass is 35.5. The van der Waals surface area contributed by atoms with Gasteiger partial charge in [0.25, 0.3) is 0 Å². The number of alkyl halides is 3. The van der Waals surface area contributed by atoms with Gasteiger partial charge in [0, 0.05) is 17.7 Å². The van der Waals surface area contributed by atoms with Crippen molar-refractivity contribution in [2.75, 3.05) is 13.1 Å². The first-order chi connectivity index (χ1) is 15.1. The molecule has 0 spiro atoms. The smallest absolute Gasteiger partial charge is 0.287 e. The van der Waals surface area contributed by atoms with Gasteiger partial charge in [-0.15, -0.1) is 0 Å². The molecule has 1 aliphatic heterocycles. The summed E-state index contributed by atoms with van der Waals surface area (Å²) in [6.07, 6.45) is -0.408. The molecule has 11 heteroatoms. The van der Waals surface area contributed by atoms with Crippen LogP contribution in [0.1, 0.15) is 23.1 Å². The highest BCUT2D eigenvalue weighted by molar-refractivity contribution is 8.04. The Hall–Kier alpha value is -1.85. The molecule has 0 amide bonds. The minimum absolute atomic E-state index is 0.0366. The van der Waals surface area contributed by atoms with Crippen LogP contribution < -0.4 is 10.0 Å². The molecule has 0 bridgehead atoms. The molecule has 0 saturated heterocycles. The summed E-state index contributed by atoms with van der Waals surface area (Å²) in [7, 11) is -4.17. The number of hydrogen-bond acceptors (Lipinski definition) is 5. The van der Waals surface area contributed by atoms with Crippen LogP contribution in [-0.2, 0) is 16.2 Å². The summed E-state index contributed by atoms with van der Waals surface area (Å²) in [5.41, 5.74) is 1.03. The van der Waals surface area contributed by atoms with E-state index in [4.69, 9.17) is 11.6 Å². The van der Waals surface area contributed by atoms with Gasteiger partial charge in [-0.1, -0.05) is 47.6 Å². The van der Waals surface area contributed by atoms with E-state index in [0.717, 1.165) is 22.6 Å².